The zero-order chi connectivity index (χ0) is 27.2. The first-order chi connectivity index (χ1) is 18.3. The van der Waals surface area contributed by atoms with Gasteiger partial charge in [-0.05, 0) is 19.1 Å². The number of methoxy groups -OCH3 is 1. The van der Waals surface area contributed by atoms with E-state index >= 15 is 0 Å². The third kappa shape index (κ3) is 5.77. The van der Waals surface area contributed by atoms with Crippen molar-refractivity contribution in [2.24, 2.45) is 5.92 Å². The minimum absolute atomic E-state index is 0.0310. The number of hydrogen-bond acceptors (Lipinski definition) is 9. The molecule has 9 heteroatoms. The smallest absolute Gasteiger partial charge is 0.309 e. The number of ether oxygens (including phenoxy) is 5. The molecule has 1 unspecified atom stereocenters. The Balaban J connectivity index is 1.48. The van der Waals surface area contributed by atoms with Gasteiger partial charge in [0.25, 0.3) is 0 Å². The largest absolute Gasteiger partial charge is 0.493 e. The molecule has 0 spiro atoms. The minimum Gasteiger partial charge on any atom is -0.493 e. The Morgan fingerprint density at radius 3 is 2.21 bits per heavy atom. The van der Waals surface area contributed by atoms with Gasteiger partial charge < -0.3 is 23.7 Å². The van der Waals surface area contributed by atoms with E-state index in [0.717, 1.165) is 11.1 Å². The summed E-state index contributed by atoms with van der Waals surface area (Å²) in [6, 6.07) is 16.8. The van der Waals surface area contributed by atoms with Gasteiger partial charge in [-0.15, -0.1) is 0 Å². The number of carbonyl (C=O) groups is 3. The van der Waals surface area contributed by atoms with Crippen LogP contribution in [-0.2, 0) is 19.1 Å². The number of hydrogen-bond donors (Lipinski definition) is 0. The Labute approximate surface area is 220 Å². The highest BCUT2D eigenvalue weighted by Crippen LogP contribution is 2.46. The molecule has 1 aromatic heterocycles. The lowest BCUT2D eigenvalue weighted by Crippen LogP contribution is -2.29. The van der Waals surface area contributed by atoms with E-state index in [1.54, 1.807) is 6.92 Å². The summed E-state index contributed by atoms with van der Waals surface area (Å²) in [5, 5.41) is 0. The molecule has 2 heterocycles. The van der Waals surface area contributed by atoms with Gasteiger partial charge in [-0.1, -0.05) is 43.3 Å². The molecule has 2 atom stereocenters. The Kier molecular flexibility index (Phi) is 8.25. The van der Waals surface area contributed by atoms with Crippen molar-refractivity contribution in [1.29, 1.82) is 0 Å². The Morgan fingerprint density at radius 2 is 1.61 bits per heavy atom. The fourth-order valence-corrected chi connectivity index (χ4v) is 4.38. The van der Waals surface area contributed by atoms with E-state index < -0.39 is 36.5 Å². The normalized spacial score (nSPS) is 13.7. The van der Waals surface area contributed by atoms with Gasteiger partial charge in [0.2, 0.25) is 6.79 Å². The third-order valence-corrected chi connectivity index (χ3v) is 6.21. The molecular weight excluding hydrogens is 490 g/mol. The SMILES string of the molecule is COc1ccnc(C(=O)C[C@@H](C)C(=O)OC(C)C2c3ccccc3Oc3ccccc32)c1OCOC(C)=O. The molecule has 0 fully saturated rings. The lowest BCUT2D eigenvalue weighted by molar-refractivity contribution is -0.153. The van der Waals surface area contributed by atoms with Crippen LogP contribution in [0.4, 0.5) is 0 Å². The molecule has 0 N–H and O–H groups in total. The lowest BCUT2D eigenvalue weighted by atomic mass is 9.84. The van der Waals surface area contributed by atoms with Crippen molar-refractivity contribution in [3.05, 3.63) is 77.6 Å². The fourth-order valence-electron chi connectivity index (χ4n) is 4.38. The molecule has 0 amide bonds. The average Bonchev–Trinajstić information content (AvgIpc) is 2.91. The van der Waals surface area contributed by atoms with Crippen LogP contribution < -0.4 is 14.2 Å². The molecule has 1 aliphatic rings. The summed E-state index contributed by atoms with van der Waals surface area (Å²) in [5.74, 6) is -0.782. The standard InChI is InChI=1S/C29H29NO8/c1-17(15-22(32)27-28(36-16-35-19(3)31)25(34-4)13-14-30-27)29(33)37-18(2)26-20-9-5-7-11-23(20)38-24-12-8-6-10-21(24)26/h5-14,17-18,26H,15-16H2,1-4H3/t17-,18?/m1/s1. The predicted octanol–water partition coefficient (Wildman–Crippen LogP) is 5.07. The molecular formula is C29H29NO8. The van der Waals surface area contributed by atoms with E-state index in [9.17, 15) is 14.4 Å². The molecule has 0 radical (unpaired) electrons. The van der Waals surface area contributed by atoms with E-state index in [2.05, 4.69) is 4.98 Å². The summed E-state index contributed by atoms with van der Waals surface area (Å²) in [6.45, 7) is 4.28. The van der Waals surface area contributed by atoms with Gasteiger partial charge in [-0.25, -0.2) is 4.98 Å². The number of aromatic nitrogens is 1. The topological polar surface area (TPSA) is 110 Å². The zero-order valence-electron chi connectivity index (χ0n) is 21.6. The summed E-state index contributed by atoms with van der Waals surface area (Å²) in [5.41, 5.74) is 1.81. The van der Waals surface area contributed by atoms with Crippen molar-refractivity contribution in [2.45, 2.75) is 39.2 Å². The summed E-state index contributed by atoms with van der Waals surface area (Å²) in [7, 11) is 1.41. The number of benzene rings is 2. The number of carbonyl (C=O) groups excluding carboxylic acids is 3. The van der Waals surface area contributed by atoms with Crippen LogP contribution in [0.5, 0.6) is 23.0 Å². The Hall–Kier alpha value is -4.40. The number of Topliss-reactive ketones (excluding diaryl/α,β-unsaturated/α-hetero) is 1. The fraction of sp³-hybridized carbons (Fsp3) is 0.310. The quantitative estimate of drug-likeness (QED) is 0.206. The number of fused-ring (bicyclic) bond motifs is 2. The monoisotopic (exact) mass is 519 g/mol. The van der Waals surface area contributed by atoms with E-state index in [-0.39, 0.29) is 29.5 Å². The minimum atomic E-state index is -0.760. The number of rotatable bonds is 10. The zero-order valence-corrected chi connectivity index (χ0v) is 21.6. The highest BCUT2D eigenvalue weighted by molar-refractivity contribution is 5.99. The number of nitrogens with zero attached hydrogens (tertiary/aromatic N) is 1. The highest BCUT2D eigenvalue weighted by Gasteiger charge is 2.34. The van der Waals surface area contributed by atoms with Crippen LogP contribution in [0.3, 0.4) is 0 Å². The van der Waals surface area contributed by atoms with Gasteiger partial charge in [-0.2, -0.15) is 0 Å². The molecule has 38 heavy (non-hydrogen) atoms. The van der Waals surface area contributed by atoms with Crippen LogP contribution in [-0.4, -0.2) is 42.7 Å². The highest BCUT2D eigenvalue weighted by atomic mass is 16.7. The maximum absolute atomic E-state index is 13.1. The van der Waals surface area contributed by atoms with Crippen LogP contribution in [0.1, 0.15) is 54.7 Å². The van der Waals surface area contributed by atoms with E-state index in [1.807, 2.05) is 55.5 Å². The van der Waals surface area contributed by atoms with Crippen molar-refractivity contribution in [1.82, 2.24) is 4.98 Å². The van der Waals surface area contributed by atoms with E-state index in [4.69, 9.17) is 23.7 Å². The molecule has 9 nitrogen and oxygen atoms in total. The second-order valence-electron chi connectivity index (χ2n) is 8.91. The van der Waals surface area contributed by atoms with Crippen LogP contribution in [0, 0.1) is 5.92 Å². The average molecular weight is 520 g/mol. The Morgan fingerprint density at radius 1 is 0.974 bits per heavy atom. The van der Waals surface area contributed by atoms with E-state index in [1.165, 1.54) is 26.3 Å². The second kappa shape index (κ2) is 11.8. The number of ketones is 1. The maximum atomic E-state index is 13.1. The van der Waals surface area contributed by atoms with Gasteiger partial charge in [0.15, 0.2) is 23.0 Å². The van der Waals surface area contributed by atoms with Crippen LogP contribution in [0.15, 0.2) is 60.8 Å². The van der Waals surface area contributed by atoms with Crippen molar-refractivity contribution >= 4 is 17.7 Å². The van der Waals surface area contributed by atoms with Crippen molar-refractivity contribution in [3.8, 4) is 23.0 Å². The summed E-state index contributed by atoms with van der Waals surface area (Å²) < 4.78 is 27.5. The van der Waals surface area contributed by atoms with E-state index in [0.29, 0.717) is 11.5 Å². The molecule has 0 saturated carbocycles. The van der Waals surface area contributed by atoms with Gasteiger partial charge in [0.05, 0.1) is 18.9 Å². The number of para-hydroxylation sites is 2. The molecule has 198 valence electrons. The first-order valence-electron chi connectivity index (χ1n) is 12.2. The number of esters is 2. The molecule has 0 aliphatic carbocycles. The summed E-state index contributed by atoms with van der Waals surface area (Å²) in [6.07, 6.45) is 0.704. The Bertz CT molecular complexity index is 1290. The van der Waals surface area contributed by atoms with Crippen molar-refractivity contribution < 1.29 is 38.1 Å². The third-order valence-electron chi connectivity index (χ3n) is 6.21. The predicted molar refractivity (Wildman–Crippen MR) is 137 cm³/mol. The lowest BCUT2D eigenvalue weighted by Gasteiger charge is -2.32. The molecule has 4 rings (SSSR count). The summed E-state index contributed by atoms with van der Waals surface area (Å²) >= 11 is 0. The van der Waals surface area contributed by atoms with Gasteiger partial charge >= 0.3 is 11.9 Å². The van der Waals surface area contributed by atoms with Gasteiger partial charge in [0, 0.05) is 36.7 Å². The van der Waals surface area contributed by atoms with Crippen LogP contribution in [0.2, 0.25) is 0 Å². The second-order valence-corrected chi connectivity index (χ2v) is 8.91. The van der Waals surface area contributed by atoms with Gasteiger partial charge in [-0.3, -0.25) is 14.4 Å². The molecule has 2 aromatic carbocycles. The molecule has 0 bridgehead atoms. The molecule has 3 aromatic rings. The first-order valence-corrected chi connectivity index (χ1v) is 12.2. The molecule has 1 aliphatic heterocycles. The first kappa shape index (κ1) is 26.7. The van der Waals surface area contributed by atoms with Crippen LogP contribution in [0.25, 0.3) is 0 Å². The van der Waals surface area contributed by atoms with Crippen LogP contribution >= 0.6 is 0 Å². The molecule has 0 saturated heterocycles. The maximum Gasteiger partial charge on any atom is 0.309 e. The number of pyridine rings is 1. The van der Waals surface area contributed by atoms with Gasteiger partial charge in [0.1, 0.15) is 17.6 Å². The van der Waals surface area contributed by atoms with Crippen molar-refractivity contribution in [3.63, 3.8) is 0 Å². The summed E-state index contributed by atoms with van der Waals surface area (Å²) in [4.78, 5) is 41.4. The van der Waals surface area contributed by atoms with Crippen molar-refractivity contribution in [2.75, 3.05) is 13.9 Å².